The maximum atomic E-state index is 12.0. The number of carboxylic acids is 1. The van der Waals surface area contributed by atoms with Crippen LogP contribution in [0.1, 0.15) is 43.5 Å². The number of amides is 1. The molecule has 0 aliphatic heterocycles. The number of nitrogens with one attached hydrogen (secondary N) is 1. The summed E-state index contributed by atoms with van der Waals surface area (Å²) in [7, 11) is 0. The van der Waals surface area contributed by atoms with Gasteiger partial charge >= 0.3 is 5.97 Å². The smallest absolute Gasteiger partial charge is 0.306 e. The molecular formula is C15H22N2O3. The zero-order chi connectivity index (χ0) is 15.1. The second-order valence-corrected chi connectivity index (χ2v) is 5.17. The maximum Gasteiger partial charge on any atom is 0.306 e. The lowest BCUT2D eigenvalue weighted by Crippen LogP contribution is -2.32. The Labute approximate surface area is 119 Å². The molecule has 0 aliphatic carbocycles. The zero-order valence-corrected chi connectivity index (χ0v) is 11.9. The predicted molar refractivity (Wildman–Crippen MR) is 78.4 cm³/mol. The fraction of sp³-hybridized carbons (Fsp3) is 0.467. The molecule has 0 radical (unpaired) electrons. The van der Waals surface area contributed by atoms with Crippen molar-refractivity contribution in [3.8, 4) is 0 Å². The Hall–Kier alpha value is -2.04. The average Bonchev–Trinajstić information content (AvgIpc) is 2.38. The standard InChI is InChI=1S/C15H22N2O3/c1-10(15(19)20)5-3-6-11(2)17-14(18)12-7-4-8-13(16)9-12/h4,7-11H,3,5-6,16H2,1-2H3,(H,17,18)(H,19,20). The summed E-state index contributed by atoms with van der Waals surface area (Å²) in [6, 6.07) is 6.82. The van der Waals surface area contributed by atoms with Gasteiger partial charge in [-0.15, -0.1) is 0 Å². The van der Waals surface area contributed by atoms with Crippen LogP contribution < -0.4 is 11.1 Å². The number of carboxylic acid groups (broad SMARTS) is 1. The highest BCUT2D eigenvalue weighted by Gasteiger charge is 2.13. The fourth-order valence-electron chi connectivity index (χ4n) is 1.91. The van der Waals surface area contributed by atoms with Gasteiger partial charge in [-0.2, -0.15) is 0 Å². The van der Waals surface area contributed by atoms with Crippen molar-refractivity contribution in [1.29, 1.82) is 0 Å². The van der Waals surface area contributed by atoms with Crippen molar-refractivity contribution in [2.45, 2.75) is 39.2 Å². The predicted octanol–water partition coefficient (Wildman–Crippen LogP) is 2.28. The molecule has 0 fully saturated rings. The summed E-state index contributed by atoms with van der Waals surface area (Å²) < 4.78 is 0. The number of rotatable bonds is 7. The monoisotopic (exact) mass is 278 g/mol. The maximum absolute atomic E-state index is 12.0. The van der Waals surface area contributed by atoms with E-state index in [0.717, 1.165) is 12.8 Å². The lowest BCUT2D eigenvalue weighted by molar-refractivity contribution is -0.141. The van der Waals surface area contributed by atoms with E-state index >= 15 is 0 Å². The van der Waals surface area contributed by atoms with Crippen LogP contribution in [0.2, 0.25) is 0 Å². The van der Waals surface area contributed by atoms with Gasteiger partial charge in [0.2, 0.25) is 0 Å². The van der Waals surface area contributed by atoms with E-state index in [0.29, 0.717) is 17.7 Å². The van der Waals surface area contributed by atoms with E-state index in [2.05, 4.69) is 5.32 Å². The number of carbonyl (C=O) groups excluding carboxylic acids is 1. The Morgan fingerprint density at radius 3 is 2.60 bits per heavy atom. The third kappa shape index (κ3) is 5.30. The molecule has 0 saturated carbocycles. The fourth-order valence-corrected chi connectivity index (χ4v) is 1.91. The third-order valence-corrected chi connectivity index (χ3v) is 3.22. The number of nitrogens with two attached hydrogens (primary N) is 1. The molecule has 1 aromatic carbocycles. The van der Waals surface area contributed by atoms with E-state index in [9.17, 15) is 9.59 Å². The van der Waals surface area contributed by atoms with Crippen LogP contribution >= 0.6 is 0 Å². The first-order valence-electron chi connectivity index (χ1n) is 6.79. The van der Waals surface area contributed by atoms with Gasteiger partial charge < -0.3 is 16.2 Å². The van der Waals surface area contributed by atoms with Gasteiger partial charge in [-0.25, -0.2) is 0 Å². The number of benzene rings is 1. The molecule has 1 aromatic rings. The van der Waals surface area contributed by atoms with E-state index < -0.39 is 5.97 Å². The summed E-state index contributed by atoms with van der Waals surface area (Å²) in [6.07, 6.45) is 2.14. The zero-order valence-electron chi connectivity index (χ0n) is 11.9. The van der Waals surface area contributed by atoms with Gasteiger partial charge in [-0.3, -0.25) is 9.59 Å². The van der Waals surface area contributed by atoms with Gasteiger partial charge in [-0.1, -0.05) is 19.4 Å². The minimum Gasteiger partial charge on any atom is -0.481 e. The van der Waals surface area contributed by atoms with Crippen LogP contribution in [-0.4, -0.2) is 23.0 Å². The Morgan fingerprint density at radius 2 is 2.00 bits per heavy atom. The van der Waals surface area contributed by atoms with Crippen LogP contribution in [0.25, 0.3) is 0 Å². The molecule has 0 bridgehead atoms. The summed E-state index contributed by atoms with van der Waals surface area (Å²) in [4.78, 5) is 22.6. The normalized spacial score (nSPS) is 13.5. The van der Waals surface area contributed by atoms with Gasteiger partial charge in [-0.05, 0) is 38.0 Å². The van der Waals surface area contributed by atoms with E-state index in [4.69, 9.17) is 10.8 Å². The van der Waals surface area contributed by atoms with E-state index in [1.807, 2.05) is 6.92 Å². The van der Waals surface area contributed by atoms with Crippen LogP contribution in [0.5, 0.6) is 0 Å². The molecule has 2 atom stereocenters. The topological polar surface area (TPSA) is 92.4 Å². The lowest BCUT2D eigenvalue weighted by Gasteiger charge is -2.14. The number of nitrogen functional groups attached to an aromatic ring is 1. The Balaban J connectivity index is 2.37. The number of hydrogen-bond acceptors (Lipinski definition) is 3. The minimum atomic E-state index is -0.776. The van der Waals surface area contributed by atoms with Gasteiger partial charge in [0.25, 0.3) is 5.91 Å². The number of hydrogen-bond donors (Lipinski definition) is 3. The second-order valence-electron chi connectivity index (χ2n) is 5.17. The molecule has 0 spiro atoms. The Bertz CT molecular complexity index is 474. The van der Waals surface area contributed by atoms with Crippen LogP contribution in [0.3, 0.4) is 0 Å². The summed E-state index contributed by atoms with van der Waals surface area (Å²) in [5.41, 5.74) is 6.73. The van der Waals surface area contributed by atoms with E-state index in [1.54, 1.807) is 31.2 Å². The van der Waals surface area contributed by atoms with Crippen LogP contribution in [-0.2, 0) is 4.79 Å². The molecule has 1 amide bonds. The first-order valence-corrected chi connectivity index (χ1v) is 6.79. The molecule has 2 unspecified atom stereocenters. The molecule has 110 valence electrons. The SMILES string of the molecule is CC(CCCC(C)C(=O)O)NC(=O)c1cccc(N)c1. The highest BCUT2D eigenvalue weighted by atomic mass is 16.4. The molecule has 5 heteroatoms. The molecule has 4 N–H and O–H groups in total. The van der Waals surface area contributed by atoms with Crippen LogP contribution in [0.15, 0.2) is 24.3 Å². The van der Waals surface area contributed by atoms with Gasteiger partial charge in [0, 0.05) is 17.3 Å². The third-order valence-electron chi connectivity index (χ3n) is 3.22. The van der Waals surface area contributed by atoms with Crippen molar-refractivity contribution in [2.24, 2.45) is 5.92 Å². The Morgan fingerprint density at radius 1 is 1.30 bits per heavy atom. The first-order chi connectivity index (χ1) is 9.40. The van der Waals surface area contributed by atoms with Crippen LogP contribution in [0.4, 0.5) is 5.69 Å². The summed E-state index contributed by atoms with van der Waals surface area (Å²) in [6.45, 7) is 3.61. The van der Waals surface area contributed by atoms with Gasteiger partial charge in [0.05, 0.1) is 5.92 Å². The molecule has 20 heavy (non-hydrogen) atoms. The largest absolute Gasteiger partial charge is 0.481 e. The summed E-state index contributed by atoms with van der Waals surface area (Å²) in [5.74, 6) is -1.27. The van der Waals surface area contributed by atoms with Crippen molar-refractivity contribution in [2.75, 3.05) is 5.73 Å². The van der Waals surface area contributed by atoms with E-state index in [-0.39, 0.29) is 17.9 Å². The number of aliphatic carboxylic acids is 1. The summed E-state index contributed by atoms with van der Waals surface area (Å²) >= 11 is 0. The van der Waals surface area contributed by atoms with Crippen molar-refractivity contribution >= 4 is 17.6 Å². The lowest BCUT2D eigenvalue weighted by atomic mass is 10.0. The quantitative estimate of drug-likeness (QED) is 0.667. The van der Waals surface area contributed by atoms with Crippen LogP contribution in [0, 0.1) is 5.92 Å². The van der Waals surface area contributed by atoms with Crippen molar-refractivity contribution < 1.29 is 14.7 Å². The Kier molecular flexibility index (Phi) is 6.03. The molecule has 5 nitrogen and oxygen atoms in total. The molecule has 0 aromatic heterocycles. The molecule has 0 saturated heterocycles. The summed E-state index contributed by atoms with van der Waals surface area (Å²) in [5, 5.41) is 11.7. The molecular weight excluding hydrogens is 256 g/mol. The van der Waals surface area contributed by atoms with Gasteiger partial charge in [0.15, 0.2) is 0 Å². The highest BCUT2D eigenvalue weighted by Crippen LogP contribution is 2.11. The highest BCUT2D eigenvalue weighted by molar-refractivity contribution is 5.95. The number of anilines is 1. The molecule has 0 aliphatic rings. The average molecular weight is 278 g/mol. The van der Waals surface area contributed by atoms with Crippen molar-refractivity contribution in [3.05, 3.63) is 29.8 Å². The van der Waals surface area contributed by atoms with E-state index in [1.165, 1.54) is 0 Å². The van der Waals surface area contributed by atoms with Crippen molar-refractivity contribution in [1.82, 2.24) is 5.32 Å². The molecule has 0 heterocycles. The van der Waals surface area contributed by atoms with Gasteiger partial charge in [0.1, 0.15) is 0 Å². The second kappa shape index (κ2) is 7.53. The first kappa shape index (κ1) is 16.0. The van der Waals surface area contributed by atoms with Crippen molar-refractivity contribution in [3.63, 3.8) is 0 Å². The minimum absolute atomic E-state index is 0.00456. The molecule has 1 rings (SSSR count). The number of carbonyl (C=O) groups is 2.